The Balaban J connectivity index is 3.11. The Morgan fingerprint density at radius 3 is 1.86 bits per heavy atom. The summed E-state index contributed by atoms with van der Waals surface area (Å²) in [5.74, 6) is 2.84. The predicted octanol–water partition coefficient (Wildman–Crippen LogP) is 3.03. The number of rotatable bonds is 3. The normalized spacial score (nSPS) is 10.9. The van der Waals surface area contributed by atoms with E-state index < -0.39 is 0 Å². The lowest BCUT2D eigenvalue weighted by molar-refractivity contribution is 0.466. The molecule has 0 bridgehead atoms. The van der Waals surface area contributed by atoms with Gasteiger partial charge in [-0.05, 0) is 51.0 Å². The van der Waals surface area contributed by atoms with Crippen LogP contribution in [0.4, 0.5) is 0 Å². The van der Waals surface area contributed by atoms with Gasteiger partial charge in [0.05, 0.1) is 0 Å². The first-order chi connectivity index (χ1) is 6.60. The molecule has 1 N–H and O–H groups in total. The van der Waals surface area contributed by atoms with E-state index in [1.165, 1.54) is 16.4 Å². The number of benzene rings is 1. The van der Waals surface area contributed by atoms with E-state index in [1.807, 2.05) is 13.8 Å². The highest BCUT2D eigenvalue weighted by atomic mass is 32.2. The van der Waals surface area contributed by atoms with Gasteiger partial charge < -0.3 is 5.11 Å². The van der Waals surface area contributed by atoms with E-state index in [2.05, 4.69) is 26.0 Å². The third-order valence-corrected chi connectivity index (χ3v) is 4.79. The summed E-state index contributed by atoms with van der Waals surface area (Å²) in [6, 6.07) is 4.25. The Morgan fingerprint density at radius 1 is 1.07 bits per heavy atom. The van der Waals surface area contributed by atoms with Crippen molar-refractivity contribution in [3.05, 3.63) is 23.3 Å². The van der Waals surface area contributed by atoms with Crippen LogP contribution in [-0.2, 0) is 10.9 Å². The van der Waals surface area contributed by atoms with Crippen LogP contribution in [0.15, 0.2) is 17.0 Å². The van der Waals surface area contributed by atoms with Crippen molar-refractivity contribution in [1.82, 2.24) is 0 Å². The zero-order valence-corrected chi connectivity index (χ0v) is 10.2. The highest BCUT2D eigenvalue weighted by molar-refractivity contribution is 7.96. The lowest BCUT2D eigenvalue weighted by Crippen LogP contribution is -2.08. The van der Waals surface area contributed by atoms with Gasteiger partial charge in [-0.3, -0.25) is 0 Å². The van der Waals surface area contributed by atoms with Crippen LogP contribution in [0.1, 0.15) is 25.0 Å². The second kappa shape index (κ2) is 4.74. The number of aryl methyl sites for hydroxylation is 2. The Labute approximate surface area is 89.5 Å². The van der Waals surface area contributed by atoms with Crippen LogP contribution >= 0.6 is 0 Å². The Kier molecular flexibility index (Phi) is 3.87. The lowest BCUT2D eigenvalue weighted by atomic mass is 10.1. The summed E-state index contributed by atoms with van der Waals surface area (Å²) >= 11 is 0. The van der Waals surface area contributed by atoms with Crippen molar-refractivity contribution in [2.24, 2.45) is 0 Å². The van der Waals surface area contributed by atoms with Crippen LogP contribution in [0.3, 0.4) is 0 Å². The summed E-state index contributed by atoms with van der Waals surface area (Å²) in [6.07, 6.45) is 0. The number of aromatic hydroxyl groups is 1. The van der Waals surface area contributed by atoms with Gasteiger partial charge in [0.1, 0.15) is 17.3 Å². The van der Waals surface area contributed by atoms with E-state index >= 15 is 0 Å². The third-order valence-electron chi connectivity index (χ3n) is 2.49. The van der Waals surface area contributed by atoms with E-state index in [0.29, 0.717) is 16.6 Å². The van der Waals surface area contributed by atoms with Gasteiger partial charge in [0.25, 0.3) is 0 Å². The van der Waals surface area contributed by atoms with Crippen molar-refractivity contribution in [3.63, 3.8) is 0 Å². The Morgan fingerprint density at radius 2 is 1.50 bits per heavy atom. The van der Waals surface area contributed by atoms with E-state index in [9.17, 15) is 5.11 Å². The fourth-order valence-electron chi connectivity index (χ4n) is 1.62. The third kappa shape index (κ3) is 2.24. The lowest BCUT2D eigenvalue weighted by Gasteiger charge is -2.08. The molecule has 1 aromatic carbocycles. The summed E-state index contributed by atoms with van der Waals surface area (Å²) in [5.41, 5.74) is 2.00. The van der Waals surface area contributed by atoms with Gasteiger partial charge in [0, 0.05) is 10.9 Å². The predicted molar refractivity (Wildman–Crippen MR) is 64.3 cm³/mol. The molecule has 0 unspecified atom stereocenters. The van der Waals surface area contributed by atoms with Crippen molar-refractivity contribution in [3.8, 4) is 5.75 Å². The minimum Gasteiger partial charge on any atom is -0.507 e. The Bertz CT molecular complexity index is 293. The molecule has 0 saturated carbocycles. The highest BCUT2D eigenvalue weighted by Gasteiger charge is 2.18. The maximum atomic E-state index is 9.66. The molecule has 0 saturated heterocycles. The van der Waals surface area contributed by atoms with Crippen LogP contribution in [-0.4, -0.2) is 16.6 Å². The molecule has 0 aliphatic carbocycles. The topological polar surface area (TPSA) is 20.2 Å². The molecule has 1 nitrogen and oxygen atoms in total. The minimum absolute atomic E-state index is 0.358. The molecule has 0 radical (unpaired) electrons. The molecule has 0 aromatic heterocycles. The minimum atomic E-state index is 0.358. The average molecular weight is 211 g/mol. The average Bonchev–Trinajstić information content (AvgIpc) is 2.16. The number of phenolic OH excluding ortho intramolecular Hbond substituents is 1. The van der Waals surface area contributed by atoms with E-state index in [-0.39, 0.29) is 0 Å². The molecule has 0 atom stereocenters. The van der Waals surface area contributed by atoms with Crippen molar-refractivity contribution >= 4 is 10.9 Å². The van der Waals surface area contributed by atoms with Gasteiger partial charge in [-0.1, -0.05) is 0 Å². The van der Waals surface area contributed by atoms with Crippen LogP contribution in [0, 0.1) is 13.8 Å². The fourth-order valence-corrected chi connectivity index (χ4v) is 3.38. The summed E-state index contributed by atoms with van der Waals surface area (Å²) in [4.78, 5) is 1.39. The summed E-state index contributed by atoms with van der Waals surface area (Å²) in [7, 11) is 0.358. The zero-order chi connectivity index (χ0) is 10.7. The summed E-state index contributed by atoms with van der Waals surface area (Å²) in [5, 5.41) is 9.66. The molecule has 1 rings (SSSR count). The summed E-state index contributed by atoms with van der Waals surface area (Å²) in [6.45, 7) is 8.39. The van der Waals surface area contributed by atoms with Crippen LogP contribution < -0.4 is 0 Å². The van der Waals surface area contributed by atoms with Crippen molar-refractivity contribution in [1.29, 1.82) is 0 Å². The maximum absolute atomic E-state index is 9.66. The second-order valence-corrected chi connectivity index (χ2v) is 6.09. The largest absolute Gasteiger partial charge is 0.507 e. The number of hydrogen-bond donors (Lipinski definition) is 1. The molecule has 0 amide bonds. The molecule has 0 aliphatic rings. The molecule has 0 aliphatic heterocycles. The molecule has 2 heteroatoms. The highest BCUT2D eigenvalue weighted by Crippen LogP contribution is 2.26. The molecule has 0 spiro atoms. The fraction of sp³-hybridized carbons (Fsp3) is 0.500. The first-order valence-electron chi connectivity index (χ1n) is 5.07. The van der Waals surface area contributed by atoms with E-state index in [1.54, 1.807) is 0 Å². The second-order valence-electron chi connectivity index (χ2n) is 3.48. The van der Waals surface area contributed by atoms with Gasteiger partial charge in [-0.2, -0.15) is 0 Å². The van der Waals surface area contributed by atoms with E-state index in [4.69, 9.17) is 0 Å². The van der Waals surface area contributed by atoms with Crippen molar-refractivity contribution < 1.29 is 5.11 Å². The van der Waals surface area contributed by atoms with E-state index in [0.717, 1.165) is 11.1 Å². The molecule has 78 valence electrons. The van der Waals surface area contributed by atoms with Gasteiger partial charge >= 0.3 is 0 Å². The van der Waals surface area contributed by atoms with Gasteiger partial charge in [0.15, 0.2) is 4.90 Å². The van der Waals surface area contributed by atoms with Crippen LogP contribution in [0.5, 0.6) is 5.75 Å². The molecule has 14 heavy (non-hydrogen) atoms. The smallest absolute Gasteiger partial charge is 0.155 e. The monoisotopic (exact) mass is 211 g/mol. The number of hydrogen-bond acceptors (Lipinski definition) is 1. The SMILES string of the molecule is CC[S+](CC)c1cc(C)c(O)c(C)c1. The van der Waals surface area contributed by atoms with Crippen molar-refractivity contribution in [2.45, 2.75) is 32.6 Å². The van der Waals surface area contributed by atoms with Crippen molar-refractivity contribution in [2.75, 3.05) is 11.5 Å². The molecule has 0 fully saturated rings. The summed E-state index contributed by atoms with van der Waals surface area (Å²) < 4.78 is 0. The maximum Gasteiger partial charge on any atom is 0.155 e. The molecular formula is C12H19OS+. The van der Waals surface area contributed by atoms with Gasteiger partial charge in [0.2, 0.25) is 0 Å². The standard InChI is InChI=1S/C12H18OS/c1-5-14(6-2)11-7-9(3)12(13)10(4)8-11/h7-8H,5-6H2,1-4H3/p+1. The van der Waals surface area contributed by atoms with Gasteiger partial charge in [-0.25, -0.2) is 0 Å². The molecule has 1 aromatic rings. The quantitative estimate of drug-likeness (QED) is 0.762. The first kappa shape index (κ1) is 11.4. The van der Waals surface area contributed by atoms with Crippen LogP contribution in [0.25, 0.3) is 0 Å². The zero-order valence-electron chi connectivity index (χ0n) is 9.42. The Hall–Kier alpha value is -0.630. The molecular weight excluding hydrogens is 192 g/mol. The van der Waals surface area contributed by atoms with Gasteiger partial charge in [-0.15, -0.1) is 0 Å². The first-order valence-corrected chi connectivity index (χ1v) is 6.64. The number of phenols is 1. The molecule has 0 heterocycles. The van der Waals surface area contributed by atoms with Crippen LogP contribution in [0.2, 0.25) is 0 Å².